The number of hydrogen-bond donors (Lipinski definition) is 0. The van der Waals surface area contributed by atoms with Gasteiger partial charge < -0.3 is 18.9 Å². The molecule has 3 atom stereocenters. The second kappa shape index (κ2) is 5.70. The Morgan fingerprint density at radius 3 is 2.95 bits per heavy atom. The van der Waals surface area contributed by atoms with E-state index in [0.717, 1.165) is 31.1 Å². The third kappa shape index (κ3) is 2.57. The van der Waals surface area contributed by atoms with Crippen LogP contribution in [0.25, 0.3) is 0 Å². The Labute approximate surface area is 131 Å². The molecule has 0 radical (unpaired) electrons. The summed E-state index contributed by atoms with van der Waals surface area (Å²) in [7, 11) is 1.92. The van der Waals surface area contributed by atoms with E-state index in [-0.39, 0.29) is 24.2 Å². The van der Waals surface area contributed by atoms with E-state index in [1.54, 1.807) is 0 Å². The second-order valence-corrected chi connectivity index (χ2v) is 6.80. The predicted molar refractivity (Wildman–Crippen MR) is 81.7 cm³/mol. The van der Waals surface area contributed by atoms with E-state index < -0.39 is 0 Å². The maximum Gasteiger partial charge on any atom is 0.270 e. The first-order valence-electron chi connectivity index (χ1n) is 8.39. The van der Waals surface area contributed by atoms with E-state index in [1.165, 1.54) is 12.8 Å². The number of hydrogen-bond acceptors (Lipinski definition) is 3. The Morgan fingerprint density at radius 2 is 2.23 bits per heavy atom. The summed E-state index contributed by atoms with van der Waals surface area (Å²) in [6, 6.07) is 3.98. The molecule has 5 heteroatoms. The van der Waals surface area contributed by atoms with E-state index in [2.05, 4.69) is 0 Å². The summed E-state index contributed by atoms with van der Waals surface area (Å²) >= 11 is 0. The van der Waals surface area contributed by atoms with Crippen LogP contribution in [-0.4, -0.2) is 53.4 Å². The van der Waals surface area contributed by atoms with Gasteiger partial charge in [0.1, 0.15) is 11.8 Å². The lowest BCUT2D eigenvalue weighted by atomic mass is 10.1. The maximum absolute atomic E-state index is 12.8. The van der Waals surface area contributed by atoms with Crippen LogP contribution in [0.3, 0.4) is 0 Å². The highest BCUT2D eigenvalue weighted by Crippen LogP contribution is 2.35. The molecule has 4 rings (SSSR count). The highest BCUT2D eigenvalue weighted by Gasteiger charge is 2.45. The molecular formula is C17H24N2O3. The molecule has 3 aliphatic rings. The molecule has 2 saturated carbocycles. The van der Waals surface area contributed by atoms with Gasteiger partial charge in [-0.1, -0.05) is 0 Å². The van der Waals surface area contributed by atoms with Crippen LogP contribution >= 0.6 is 0 Å². The Balaban J connectivity index is 1.45. The third-order valence-electron chi connectivity index (χ3n) is 5.20. The minimum absolute atomic E-state index is 0.0525. The fraction of sp³-hybridized carbons (Fsp3) is 0.706. The fourth-order valence-corrected chi connectivity index (χ4v) is 3.72. The molecule has 1 aliphatic heterocycles. The summed E-state index contributed by atoms with van der Waals surface area (Å²) in [4.78, 5) is 14.8. The van der Waals surface area contributed by atoms with Gasteiger partial charge in [-0.25, -0.2) is 0 Å². The number of fused-ring (bicyclic) bond motifs is 1. The van der Waals surface area contributed by atoms with Crippen molar-refractivity contribution in [2.75, 3.05) is 19.8 Å². The summed E-state index contributed by atoms with van der Waals surface area (Å²) in [5.41, 5.74) is 0.753. The Kier molecular flexibility index (Phi) is 3.70. The lowest BCUT2D eigenvalue weighted by molar-refractivity contribution is -0.106. The molecule has 1 saturated heterocycles. The van der Waals surface area contributed by atoms with Crippen molar-refractivity contribution in [3.8, 4) is 0 Å². The molecule has 0 bridgehead atoms. The van der Waals surface area contributed by atoms with Crippen molar-refractivity contribution in [2.45, 2.75) is 43.9 Å². The lowest BCUT2D eigenvalue weighted by Gasteiger charge is -2.39. The van der Waals surface area contributed by atoms with Gasteiger partial charge in [-0.3, -0.25) is 4.79 Å². The first-order chi connectivity index (χ1) is 10.7. The van der Waals surface area contributed by atoms with Gasteiger partial charge in [0, 0.05) is 26.4 Å². The van der Waals surface area contributed by atoms with Gasteiger partial charge in [0.05, 0.1) is 18.8 Å². The quantitative estimate of drug-likeness (QED) is 0.852. The molecule has 2 aliphatic carbocycles. The molecule has 0 aromatic carbocycles. The van der Waals surface area contributed by atoms with Crippen molar-refractivity contribution in [2.24, 2.45) is 13.0 Å². The number of nitrogens with zero attached hydrogens (tertiary/aromatic N) is 2. The van der Waals surface area contributed by atoms with Crippen molar-refractivity contribution in [3.63, 3.8) is 0 Å². The second-order valence-electron chi connectivity index (χ2n) is 6.80. The van der Waals surface area contributed by atoms with Gasteiger partial charge in [-0.2, -0.15) is 0 Å². The molecule has 120 valence electrons. The number of carbonyl (C=O) groups is 1. The Bertz CT molecular complexity index is 552. The molecule has 1 amide bonds. The number of amides is 1. The summed E-state index contributed by atoms with van der Waals surface area (Å²) in [6.07, 6.45) is 6.72. The van der Waals surface area contributed by atoms with Crippen LogP contribution < -0.4 is 0 Å². The number of morpholine rings is 1. The predicted octanol–water partition coefficient (Wildman–Crippen LogP) is 1.82. The van der Waals surface area contributed by atoms with E-state index in [1.807, 2.05) is 34.8 Å². The van der Waals surface area contributed by atoms with Crippen molar-refractivity contribution >= 4 is 5.91 Å². The smallest absolute Gasteiger partial charge is 0.270 e. The number of aryl methyl sites for hydroxylation is 1. The maximum atomic E-state index is 12.8. The van der Waals surface area contributed by atoms with Crippen LogP contribution in [0, 0.1) is 5.92 Å². The average molecular weight is 304 g/mol. The zero-order chi connectivity index (χ0) is 15.1. The van der Waals surface area contributed by atoms with E-state index >= 15 is 0 Å². The van der Waals surface area contributed by atoms with Crippen molar-refractivity contribution < 1.29 is 14.3 Å². The molecule has 0 unspecified atom stereocenters. The number of aromatic nitrogens is 1. The Hall–Kier alpha value is -1.33. The SMILES string of the molecule is Cn1cccc1C(=O)N1CCO[C@H]2[C@H](OCC3CC3)CC[C@@H]21. The summed E-state index contributed by atoms with van der Waals surface area (Å²) < 4.78 is 13.9. The fourth-order valence-electron chi connectivity index (χ4n) is 3.72. The van der Waals surface area contributed by atoms with Crippen molar-refractivity contribution in [1.82, 2.24) is 9.47 Å². The van der Waals surface area contributed by atoms with Crippen molar-refractivity contribution in [3.05, 3.63) is 24.0 Å². The van der Waals surface area contributed by atoms with E-state index in [9.17, 15) is 4.79 Å². The molecule has 22 heavy (non-hydrogen) atoms. The third-order valence-corrected chi connectivity index (χ3v) is 5.20. The normalized spacial score (nSPS) is 31.3. The summed E-state index contributed by atoms with van der Waals surface area (Å²) in [6.45, 7) is 2.16. The van der Waals surface area contributed by atoms with Gasteiger partial charge >= 0.3 is 0 Å². The molecule has 1 aromatic rings. The highest BCUT2D eigenvalue weighted by atomic mass is 16.5. The van der Waals surface area contributed by atoms with Crippen molar-refractivity contribution in [1.29, 1.82) is 0 Å². The molecule has 5 nitrogen and oxygen atoms in total. The van der Waals surface area contributed by atoms with E-state index in [4.69, 9.17) is 9.47 Å². The summed E-state index contributed by atoms with van der Waals surface area (Å²) in [5.74, 6) is 0.886. The molecule has 2 heterocycles. The van der Waals surface area contributed by atoms with Gasteiger partial charge in [-0.15, -0.1) is 0 Å². The number of ether oxygens (including phenoxy) is 2. The lowest BCUT2D eigenvalue weighted by Crippen LogP contribution is -2.54. The van der Waals surface area contributed by atoms with E-state index in [0.29, 0.717) is 13.2 Å². The topological polar surface area (TPSA) is 43.7 Å². The molecule has 1 aromatic heterocycles. The Morgan fingerprint density at radius 1 is 1.36 bits per heavy atom. The van der Waals surface area contributed by atoms with Crippen LogP contribution in [0.2, 0.25) is 0 Å². The largest absolute Gasteiger partial charge is 0.375 e. The molecule has 3 fully saturated rings. The molecule has 0 N–H and O–H groups in total. The first kappa shape index (κ1) is 14.3. The monoisotopic (exact) mass is 304 g/mol. The van der Waals surface area contributed by atoms with Gasteiger partial charge in [0.15, 0.2) is 0 Å². The van der Waals surface area contributed by atoms with Crippen LogP contribution in [-0.2, 0) is 16.5 Å². The van der Waals surface area contributed by atoms with Crippen LogP contribution in [0.1, 0.15) is 36.2 Å². The molecular weight excluding hydrogens is 280 g/mol. The first-order valence-corrected chi connectivity index (χ1v) is 8.39. The van der Waals surface area contributed by atoms with Crippen LogP contribution in [0.4, 0.5) is 0 Å². The molecule has 0 spiro atoms. The number of rotatable bonds is 4. The standard InChI is InChI=1S/C17H24N2O3/c1-18-8-2-3-14(18)17(20)19-9-10-21-16-13(19)6-7-15(16)22-11-12-4-5-12/h2-3,8,12-13,15-16H,4-7,9-11H2,1H3/t13-,15+,16+/m0/s1. The average Bonchev–Trinajstić information content (AvgIpc) is 3.11. The van der Waals surface area contributed by atoms with Gasteiger partial charge in [0.25, 0.3) is 5.91 Å². The minimum Gasteiger partial charge on any atom is -0.375 e. The minimum atomic E-state index is 0.0525. The highest BCUT2D eigenvalue weighted by molar-refractivity contribution is 5.93. The van der Waals surface area contributed by atoms with Gasteiger partial charge in [-0.05, 0) is 43.7 Å². The van der Waals surface area contributed by atoms with Crippen LogP contribution in [0.15, 0.2) is 18.3 Å². The van der Waals surface area contributed by atoms with Crippen LogP contribution in [0.5, 0.6) is 0 Å². The number of carbonyl (C=O) groups excluding carboxylic acids is 1. The van der Waals surface area contributed by atoms with Gasteiger partial charge in [0.2, 0.25) is 0 Å². The zero-order valence-corrected chi connectivity index (χ0v) is 13.1. The zero-order valence-electron chi connectivity index (χ0n) is 13.1. The summed E-state index contributed by atoms with van der Waals surface area (Å²) in [5, 5.41) is 0.